The van der Waals surface area contributed by atoms with E-state index in [1.807, 2.05) is 4.72 Å². The van der Waals surface area contributed by atoms with Crippen molar-refractivity contribution >= 4 is 46.7 Å². The van der Waals surface area contributed by atoms with Crippen LogP contribution in [-0.2, 0) is 19.6 Å². The Labute approximate surface area is 124 Å². The van der Waals surface area contributed by atoms with Crippen molar-refractivity contribution in [1.29, 1.82) is 0 Å². The van der Waals surface area contributed by atoms with Gasteiger partial charge < -0.3 is 5.73 Å². The zero-order valence-corrected chi connectivity index (χ0v) is 12.4. The maximum absolute atomic E-state index is 11.8. The van der Waals surface area contributed by atoms with Crippen molar-refractivity contribution in [3.8, 4) is 0 Å². The summed E-state index contributed by atoms with van der Waals surface area (Å²) in [7, 11) is -3.64. The molecule has 2 atom stereocenters. The first-order valence-electron chi connectivity index (χ1n) is 5.33. The molecule has 9 heteroatoms. The van der Waals surface area contributed by atoms with Crippen molar-refractivity contribution < 1.29 is 18.0 Å². The van der Waals surface area contributed by atoms with Gasteiger partial charge in [0.05, 0.1) is 5.25 Å². The number of nitrogens with two attached hydrogens (primary N) is 1. The number of halogens is 2. The average Bonchev–Trinajstić information content (AvgIpc) is 3.10. The number of carbonyl (C=O) groups excluding carboxylic acids is 2. The minimum atomic E-state index is -3.64. The lowest BCUT2D eigenvalue weighted by atomic mass is 10.0. The van der Waals surface area contributed by atoms with Crippen molar-refractivity contribution in [3.05, 3.63) is 12.7 Å². The number of hydrogen-bond acceptors (Lipinski definition) is 4. The van der Waals surface area contributed by atoms with Crippen LogP contribution in [-0.4, -0.2) is 25.5 Å². The highest BCUT2D eigenvalue weighted by Gasteiger charge is 2.64. The van der Waals surface area contributed by atoms with Crippen molar-refractivity contribution in [2.24, 2.45) is 17.1 Å². The molecule has 110 valence electrons. The third-order valence-corrected chi connectivity index (χ3v) is 5.16. The summed E-state index contributed by atoms with van der Waals surface area (Å²) < 4.78 is 25.1. The van der Waals surface area contributed by atoms with Crippen LogP contribution in [0.2, 0.25) is 0 Å². The maximum Gasteiger partial charge on any atom is 0.249 e. The van der Waals surface area contributed by atoms with Gasteiger partial charge in [-0.2, -0.15) is 0 Å². The fraction of sp³-hybridized carbons (Fsp3) is 0.600. The second-order valence-corrected chi connectivity index (χ2v) is 6.52. The zero-order valence-electron chi connectivity index (χ0n) is 10.00. The molecule has 2 rings (SSSR count). The van der Waals surface area contributed by atoms with Gasteiger partial charge in [0, 0.05) is 5.92 Å². The summed E-state index contributed by atoms with van der Waals surface area (Å²) in [5.74, 6) is -1.98. The molecule has 0 aliphatic heterocycles. The molecule has 0 aromatic heterocycles. The molecular formula is C10H16Cl2N2O4S. The Hall–Kier alpha value is -0.790. The van der Waals surface area contributed by atoms with E-state index in [4.69, 9.17) is 5.73 Å². The average molecular weight is 331 g/mol. The van der Waals surface area contributed by atoms with Crippen LogP contribution in [0.1, 0.15) is 19.3 Å². The molecule has 2 saturated carbocycles. The van der Waals surface area contributed by atoms with Crippen LogP contribution in [0.5, 0.6) is 0 Å². The van der Waals surface area contributed by atoms with Crippen LogP contribution in [0.25, 0.3) is 0 Å². The molecule has 0 saturated heterocycles. The summed E-state index contributed by atoms with van der Waals surface area (Å²) in [6.07, 6.45) is 2.79. The minimum Gasteiger partial charge on any atom is -0.369 e. The van der Waals surface area contributed by atoms with Crippen LogP contribution in [0.4, 0.5) is 0 Å². The first-order chi connectivity index (χ1) is 7.84. The fourth-order valence-electron chi connectivity index (χ4n) is 1.91. The van der Waals surface area contributed by atoms with E-state index in [1.165, 1.54) is 6.08 Å². The Bertz CT molecular complexity index is 504. The first kappa shape index (κ1) is 18.2. The molecule has 0 unspecified atom stereocenters. The fourth-order valence-corrected chi connectivity index (χ4v) is 3.27. The lowest BCUT2D eigenvalue weighted by Gasteiger charge is -2.12. The van der Waals surface area contributed by atoms with E-state index in [-0.39, 0.29) is 37.2 Å². The molecule has 0 heterocycles. The maximum atomic E-state index is 11.8. The van der Waals surface area contributed by atoms with E-state index in [9.17, 15) is 18.0 Å². The van der Waals surface area contributed by atoms with E-state index >= 15 is 0 Å². The minimum absolute atomic E-state index is 0. The topological polar surface area (TPSA) is 106 Å². The number of carbonyl (C=O) groups is 2. The number of sulfonamides is 1. The Morgan fingerprint density at radius 1 is 1.32 bits per heavy atom. The van der Waals surface area contributed by atoms with Crippen LogP contribution in [0.3, 0.4) is 0 Å². The zero-order chi connectivity index (χ0) is 12.8. The van der Waals surface area contributed by atoms with Gasteiger partial charge in [-0.25, -0.2) is 8.42 Å². The van der Waals surface area contributed by atoms with E-state index in [2.05, 4.69) is 6.58 Å². The van der Waals surface area contributed by atoms with Crippen molar-refractivity contribution in [3.63, 3.8) is 0 Å². The number of allylic oxidation sites excluding steroid dienone is 1. The summed E-state index contributed by atoms with van der Waals surface area (Å²) in [5.41, 5.74) is 3.75. The highest BCUT2D eigenvalue weighted by atomic mass is 35.5. The molecule has 0 aromatic rings. The molecular weight excluding hydrogens is 315 g/mol. The van der Waals surface area contributed by atoms with E-state index in [1.54, 1.807) is 0 Å². The molecule has 19 heavy (non-hydrogen) atoms. The van der Waals surface area contributed by atoms with Crippen molar-refractivity contribution in [2.75, 3.05) is 0 Å². The molecule has 2 fully saturated rings. The largest absolute Gasteiger partial charge is 0.369 e. The molecule has 2 aliphatic rings. The van der Waals surface area contributed by atoms with Gasteiger partial charge in [-0.05, 0) is 19.3 Å². The van der Waals surface area contributed by atoms with Gasteiger partial charge in [0.25, 0.3) is 0 Å². The van der Waals surface area contributed by atoms with Gasteiger partial charge in [0.2, 0.25) is 21.8 Å². The second-order valence-electron chi connectivity index (χ2n) is 4.56. The van der Waals surface area contributed by atoms with E-state index < -0.39 is 32.5 Å². The van der Waals surface area contributed by atoms with Crippen molar-refractivity contribution in [1.82, 2.24) is 4.72 Å². The molecule has 0 aromatic carbocycles. The van der Waals surface area contributed by atoms with Crippen molar-refractivity contribution in [2.45, 2.75) is 24.5 Å². The summed E-state index contributed by atoms with van der Waals surface area (Å²) in [4.78, 5) is 23.1. The second kappa shape index (κ2) is 5.68. The number of nitrogens with one attached hydrogen (secondary N) is 1. The normalized spacial score (nSPS) is 28.3. The summed E-state index contributed by atoms with van der Waals surface area (Å²) in [6, 6.07) is 0. The summed E-state index contributed by atoms with van der Waals surface area (Å²) >= 11 is 0. The van der Waals surface area contributed by atoms with Crippen LogP contribution in [0.15, 0.2) is 12.7 Å². The van der Waals surface area contributed by atoms with Crippen LogP contribution >= 0.6 is 24.8 Å². The Morgan fingerprint density at radius 3 is 2.16 bits per heavy atom. The standard InChI is InChI=1S/C10H14N2O4S.2ClH/c1-2-6-5-10(6,8(11)13)9(14)12-17(15,16)7-3-4-7;;/h2,6-7H,1,3-5H2,(H2,11,13)(H,12,14);2*1H/t6-,10-;;/m1../s1. The van der Waals surface area contributed by atoms with Crippen LogP contribution < -0.4 is 10.5 Å². The number of primary amides is 1. The predicted octanol–water partition coefficient (Wildman–Crippen LogP) is 0.116. The highest BCUT2D eigenvalue weighted by molar-refractivity contribution is 7.90. The predicted molar refractivity (Wildman–Crippen MR) is 74.5 cm³/mol. The monoisotopic (exact) mass is 330 g/mol. The van der Waals surface area contributed by atoms with Gasteiger partial charge >= 0.3 is 0 Å². The van der Waals surface area contributed by atoms with Gasteiger partial charge in [-0.15, -0.1) is 31.4 Å². The molecule has 2 amide bonds. The Morgan fingerprint density at radius 2 is 1.84 bits per heavy atom. The molecule has 0 radical (unpaired) electrons. The SMILES string of the molecule is C=C[C@@H]1C[C@@]1(C(N)=O)C(=O)NS(=O)(=O)C1CC1.Cl.Cl. The molecule has 2 aliphatic carbocycles. The smallest absolute Gasteiger partial charge is 0.249 e. The third kappa shape index (κ3) is 3.04. The Balaban J connectivity index is 0.00000162. The number of amides is 2. The van der Waals surface area contributed by atoms with Gasteiger partial charge in [0.15, 0.2) is 0 Å². The molecule has 6 nitrogen and oxygen atoms in total. The van der Waals surface area contributed by atoms with Gasteiger partial charge in [-0.3, -0.25) is 14.3 Å². The van der Waals surface area contributed by atoms with Gasteiger partial charge in [0.1, 0.15) is 5.41 Å². The molecule has 0 spiro atoms. The summed E-state index contributed by atoms with van der Waals surface area (Å²) in [6.45, 7) is 3.49. The van der Waals surface area contributed by atoms with Crippen LogP contribution in [0, 0.1) is 11.3 Å². The number of hydrogen-bond donors (Lipinski definition) is 2. The third-order valence-electron chi connectivity index (χ3n) is 3.34. The molecule has 0 bridgehead atoms. The number of rotatable bonds is 5. The van der Waals surface area contributed by atoms with E-state index in [0.29, 0.717) is 12.8 Å². The molecule has 3 N–H and O–H groups in total. The Kier molecular flexibility index (Phi) is 5.45. The quantitative estimate of drug-likeness (QED) is 0.551. The van der Waals surface area contributed by atoms with E-state index in [0.717, 1.165) is 0 Å². The van der Waals surface area contributed by atoms with Gasteiger partial charge in [-0.1, -0.05) is 6.08 Å². The summed E-state index contributed by atoms with van der Waals surface area (Å²) in [5, 5.41) is -0.502. The highest BCUT2D eigenvalue weighted by Crippen LogP contribution is 2.53. The first-order valence-corrected chi connectivity index (χ1v) is 6.87. The lowest BCUT2D eigenvalue weighted by Crippen LogP contribution is -2.45. The lowest BCUT2D eigenvalue weighted by molar-refractivity contribution is -0.134.